The van der Waals surface area contributed by atoms with E-state index in [4.69, 9.17) is 44.4 Å². The van der Waals surface area contributed by atoms with Gasteiger partial charge in [-0.2, -0.15) is 40.8 Å². The number of hydrogen-bond acceptors (Lipinski definition) is 23. The number of rotatable bonds is 27. The Hall–Kier alpha value is -16.3. The molecule has 0 atom stereocenters. The van der Waals surface area contributed by atoms with Crippen LogP contribution in [-0.2, 0) is 186 Å². The summed E-state index contributed by atoms with van der Waals surface area (Å²) in [5.74, 6) is 3.31. The maximum Gasteiger partial charge on any atom is 0.151 e. The Morgan fingerprint density at radius 1 is 0.310 bits per heavy atom. The molecule has 0 spiro atoms. The van der Waals surface area contributed by atoms with Crippen molar-refractivity contribution in [3.05, 3.63) is 329 Å². The molecule has 24 rings (SSSR count). The Bertz CT molecular complexity index is 7990. The molecule has 0 amide bonds. The minimum Gasteiger partial charge on any atom is -0.383 e. The number of benzene rings is 1. The first-order valence-electron chi connectivity index (χ1n) is 48.8. The first-order chi connectivity index (χ1) is 70.5. The van der Waals surface area contributed by atoms with Gasteiger partial charge < -0.3 is 27.7 Å². The lowest BCUT2D eigenvalue weighted by atomic mass is 9.90. The van der Waals surface area contributed by atoms with E-state index >= 15 is 0 Å². The van der Waals surface area contributed by atoms with Gasteiger partial charge in [-0.25, -0.2) is 48.3 Å². The van der Waals surface area contributed by atoms with Crippen LogP contribution in [0.2, 0.25) is 0 Å². The summed E-state index contributed by atoms with van der Waals surface area (Å²) in [6, 6.07) is 27.2. The van der Waals surface area contributed by atoms with E-state index in [2.05, 4.69) is 193 Å². The molecule has 19 aromatic heterocycles. The molecule has 145 heavy (non-hydrogen) atoms. The molecule has 4 aliphatic carbocycles. The molecule has 36 heteroatoms. The van der Waals surface area contributed by atoms with Gasteiger partial charge in [0.25, 0.3) is 0 Å². The molecule has 0 saturated heterocycles. The molecule has 0 radical (unpaired) electrons. The third kappa shape index (κ3) is 20.6. The highest BCUT2D eigenvalue weighted by molar-refractivity contribution is 7.91. The highest BCUT2D eigenvalue weighted by Gasteiger charge is 2.32. The molecule has 0 N–H and O–H groups in total. The van der Waals surface area contributed by atoms with Crippen molar-refractivity contribution >= 4 is 9.84 Å². The molecule has 19 heterocycles. The topological polar surface area (TPSA) is 357 Å². The Morgan fingerprint density at radius 3 is 1.02 bits per heavy atom. The van der Waals surface area contributed by atoms with Crippen molar-refractivity contribution in [1.82, 2.24) is 151 Å². The summed E-state index contributed by atoms with van der Waals surface area (Å²) >= 11 is 0. The van der Waals surface area contributed by atoms with Crippen molar-refractivity contribution in [2.24, 2.45) is 63.4 Å². The predicted octanol–water partition coefficient (Wildman–Crippen LogP) is 14.1. The molecule has 20 aromatic rings. The molecule has 0 unspecified atom stereocenters. The molecular formula is C109H113N31O4S. The molecule has 0 bridgehead atoms. The maximum atomic E-state index is 11.9. The van der Waals surface area contributed by atoms with Crippen LogP contribution < -0.4 is 0 Å². The minimum atomic E-state index is -3.04. The van der Waals surface area contributed by atoms with Gasteiger partial charge in [-0.1, -0.05) is 31.2 Å². The molecular weight excluding hydrogens is 1840 g/mol. The van der Waals surface area contributed by atoms with Crippen molar-refractivity contribution in [1.29, 1.82) is 0 Å². The summed E-state index contributed by atoms with van der Waals surface area (Å²) in [6.07, 6.45) is 58.5. The van der Waals surface area contributed by atoms with Gasteiger partial charge in [-0.05, 0) is 167 Å². The summed E-state index contributed by atoms with van der Waals surface area (Å²) in [6.45, 7) is 4.74. The van der Waals surface area contributed by atoms with Crippen molar-refractivity contribution in [3.8, 4) is 124 Å². The van der Waals surface area contributed by atoms with Crippen LogP contribution in [0.4, 0.5) is 0 Å². The van der Waals surface area contributed by atoms with Crippen LogP contribution in [0.5, 0.6) is 0 Å². The lowest BCUT2D eigenvalue weighted by Gasteiger charge is -2.18. The number of hydrogen-bond donors (Lipinski definition) is 0. The second-order valence-electron chi connectivity index (χ2n) is 37.6. The van der Waals surface area contributed by atoms with E-state index in [1.54, 1.807) is 39.9 Å². The SMILES string of the molecule is CCS(=O)(=O)CCn1ccc(Cc2ncc3c(n2)-c2c(cn(C)c2Cc2cccc(-c4cnn(C)c4)c2)CC3)n1.COCCn1ccc(Cc2ncc3c(n2)-c2c(cn(C)c2-c2ccc(-c4cnn(C)c4)nc2)CC3)n1.COCCn1ccc(Cc2ncc3c(n2)-c2c(cn(C)c2-c2ccc(-c4cnn(C)c4)nc2)CC3)n1.Cn1cc(Cc2ncc3c(n2)-c2c(cn(C)c2-c2ccc(-c4cnn(C)c4)nc2)CC3)cn1. The quantitative estimate of drug-likeness (QED) is 0.0461. The van der Waals surface area contributed by atoms with Crippen LogP contribution in [0.15, 0.2) is 228 Å². The monoisotopic (exact) mass is 1950 g/mol. The lowest BCUT2D eigenvalue weighted by molar-refractivity contribution is 0.183. The van der Waals surface area contributed by atoms with Gasteiger partial charge in [0, 0.05) is 281 Å². The fourth-order valence-corrected chi connectivity index (χ4v) is 20.7. The largest absolute Gasteiger partial charge is 0.383 e. The van der Waals surface area contributed by atoms with Gasteiger partial charge in [0.2, 0.25) is 0 Å². The van der Waals surface area contributed by atoms with Crippen molar-refractivity contribution in [3.63, 3.8) is 0 Å². The summed E-state index contributed by atoms with van der Waals surface area (Å²) in [5, 5.41) is 35.2. The van der Waals surface area contributed by atoms with E-state index in [0.29, 0.717) is 51.3 Å². The van der Waals surface area contributed by atoms with Crippen molar-refractivity contribution in [2.75, 3.05) is 38.9 Å². The van der Waals surface area contributed by atoms with Crippen LogP contribution in [0.1, 0.15) is 109 Å². The zero-order valence-corrected chi connectivity index (χ0v) is 84.2. The van der Waals surface area contributed by atoms with Crippen LogP contribution in [0.25, 0.3) is 124 Å². The standard InChI is InChI=1S/C30H33N7O2S.2C27H28N8O.C25H24N8/c1-4-40(38,39)13-12-37-11-10-26(34-37)16-28-31-17-23-8-9-24-19-35(2)27(29(24)30(23)33-28)15-21-6-5-7-22(14-21)25-18-32-36(3)20-25;2*1-33-16-20-5-4-18-13-29-24(12-22-8-9-35(32-22)10-11-36-3)31-26(18)25(20)27(33)19-6-7-23(28-14-19)21-15-30-34(2)17-21;1-31-14-19-5-4-17-10-27-22(8-16-9-28-32(2)13-16)30-24(17)23(19)25(31)18-6-7-21(26-11-18)20-12-29-33(3)15-20/h5-7,10-11,14,17-20H,4,8-9,12-13,15-16H2,1-3H3;2*6-9,13-17H,4-5,10-12H2,1-3H3;6-7,9-15H,4-5,8H2,1-3H3. The van der Waals surface area contributed by atoms with Gasteiger partial charge in [-0.3, -0.25) is 52.4 Å². The normalized spacial score (nSPS) is 12.6. The van der Waals surface area contributed by atoms with Crippen LogP contribution in [0, 0.1) is 0 Å². The first kappa shape index (κ1) is 94.9. The van der Waals surface area contributed by atoms with E-state index in [9.17, 15) is 8.42 Å². The number of aryl methyl sites for hydroxylation is 18. The Labute approximate surface area is 839 Å². The fourth-order valence-electron chi connectivity index (χ4n) is 19.9. The lowest BCUT2D eigenvalue weighted by Crippen LogP contribution is -2.15. The minimum absolute atomic E-state index is 0.0880. The Kier molecular flexibility index (Phi) is 26.8. The third-order valence-electron chi connectivity index (χ3n) is 27.2. The zero-order chi connectivity index (χ0) is 99.7. The number of ether oxygens (including phenoxy) is 2. The van der Waals surface area contributed by atoms with Gasteiger partial charge >= 0.3 is 0 Å². The van der Waals surface area contributed by atoms with Crippen molar-refractivity contribution in [2.45, 2.75) is 110 Å². The van der Waals surface area contributed by atoms with E-state index < -0.39 is 9.84 Å². The average molecular weight is 1950 g/mol. The summed E-state index contributed by atoms with van der Waals surface area (Å²) in [4.78, 5) is 53.1. The highest BCUT2D eigenvalue weighted by Crippen LogP contribution is 2.46. The molecule has 734 valence electrons. The number of aromatic nitrogens is 31. The first-order valence-corrected chi connectivity index (χ1v) is 50.6. The van der Waals surface area contributed by atoms with E-state index in [0.717, 1.165) is 212 Å². The number of sulfone groups is 1. The third-order valence-corrected chi connectivity index (χ3v) is 28.9. The number of pyridine rings is 3. The summed E-state index contributed by atoms with van der Waals surface area (Å²) < 4.78 is 57.3. The number of fused-ring (bicyclic) bond motifs is 12. The predicted molar refractivity (Wildman–Crippen MR) is 552 cm³/mol. The van der Waals surface area contributed by atoms with Crippen LogP contribution >= 0.6 is 0 Å². The summed E-state index contributed by atoms with van der Waals surface area (Å²) in [7, 11) is 18.4. The number of nitrogens with zero attached hydrogens (tertiary/aromatic N) is 31. The van der Waals surface area contributed by atoms with Crippen molar-refractivity contribution < 1.29 is 17.9 Å². The van der Waals surface area contributed by atoms with Gasteiger partial charge in [0.15, 0.2) is 9.84 Å². The maximum absolute atomic E-state index is 11.9. The highest BCUT2D eigenvalue weighted by atomic mass is 32.2. The molecule has 4 aliphatic rings. The second kappa shape index (κ2) is 40.9. The molecule has 1 aromatic carbocycles. The van der Waals surface area contributed by atoms with E-state index in [1.165, 1.54) is 78.0 Å². The molecule has 35 nitrogen and oxygen atoms in total. The Balaban J connectivity index is 0.000000114. The summed E-state index contributed by atoms with van der Waals surface area (Å²) in [5.41, 5.74) is 39.8. The van der Waals surface area contributed by atoms with Gasteiger partial charge in [0.1, 0.15) is 23.3 Å². The fraction of sp³-hybridized carbons (Fsp3) is 0.294. The zero-order valence-electron chi connectivity index (χ0n) is 83.4. The van der Waals surface area contributed by atoms with E-state index in [-0.39, 0.29) is 11.5 Å². The average Bonchev–Trinajstić information content (AvgIpc) is 1.62. The Morgan fingerprint density at radius 2 is 0.662 bits per heavy atom. The second-order valence-corrected chi connectivity index (χ2v) is 40.1. The van der Waals surface area contributed by atoms with Crippen LogP contribution in [-0.4, -0.2) is 199 Å². The van der Waals surface area contributed by atoms with Gasteiger partial charge in [-0.15, -0.1) is 0 Å². The smallest absolute Gasteiger partial charge is 0.151 e. The number of methoxy groups -OCH3 is 2. The molecule has 0 fully saturated rings. The van der Waals surface area contributed by atoms with Gasteiger partial charge in [0.05, 0.1) is 163 Å². The molecule has 0 aliphatic heterocycles. The van der Waals surface area contributed by atoms with E-state index in [1.807, 2.05) is 196 Å². The van der Waals surface area contributed by atoms with Crippen LogP contribution in [0.3, 0.4) is 0 Å². The molecule has 0 saturated carbocycles.